The number of anilines is 1. The number of hydrogen-bond donors (Lipinski definition) is 2. The lowest BCUT2D eigenvalue weighted by molar-refractivity contribution is -0.125. The zero-order valence-corrected chi connectivity index (χ0v) is 13.6. The van der Waals surface area contributed by atoms with E-state index in [1.54, 1.807) is 30.6 Å². The van der Waals surface area contributed by atoms with E-state index >= 15 is 0 Å². The molecule has 1 aromatic heterocycles. The SMILES string of the molecule is O=C(CCc1ccncc1)Nc1cccc(CN2C(=O)CNC2=O)c1. The molecule has 3 rings (SSSR count). The molecule has 1 aromatic carbocycles. The molecule has 1 fully saturated rings. The second-order valence-electron chi connectivity index (χ2n) is 5.74. The van der Waals surface area contributed by atoms with E-state index in [1.807, 2.05) is 18.2 Å². The van der Waals surface area contributed by atoms with Gasteiger partial charge in [0.05, 0.1) is 13.1 Å². The van der Waals surface area contributed by atoms with Crippen molar-refractivity contribution in [1.82, 2.24) is 15.2 Å². The van der Waals surface area contributed by atoms with Crippen molar-refractivity contribution in [2.24, 2.45) is 0 Å². The Kier molecular flexibility index (Phi) is 5.03. The molecule has 1 saturated heterocycles. The highest BCUT2D eigenvalue weighted by Crippen LogP contribution is 2.15. The summed E-state index contributed by atoms with van der Waals surface area (Å²) < 4.78 is 0. The smallest absolute Gasteiger partial charge is 0.324 e. The van der Waals surface area contributed by atoms with Crippen molar-refractivity contribution in [2.45, 2.75) is 19.4 Å². The van der Waals surface area contributed by atoms with Gasteiger partial charge in [-0.2, -0.15) is 0 Å². The maximum atomic E-state index is 12.1. The Bertz CT molecular complexity index is 776. The summed E-state index contributed by atoms with van der Waals surface area (Å²) in [6.45, 7) is 0.218. The number of benzene rings is 1. The van der Waals surface area contributed by atoms with Crippen LogP contribution in [-0.4, -0.2) is 34.3 Å². The Morgan fingerprint density at radius 3 is 2.68 bits per heavy atom. The van der Waals surface area contributed by atoms with Crippen LogP contribution in [-0.2, 0) is 22.6 Å². The van der Waals surface area contributed by atoms with Gasteiger partial charge in [0.2, 0.25) is 11.8 Å². The van der Waals surface area contributed by atoms with E-state index in [0.29, 0.717) is 18.5 Å². The van der Waals surface area contributed by atoms with Gasteiger partial charge in [-0.05, 0) is 41.8 Å². The van der Waals surface area contributed by atoms with Gasteiger partial charge in [-0.3, -0.25) is 19.5 Å². The van der Waals surface area contributed by atoms with E-state index in [2.05, 4.69) is 15.6 Å². The highest BCUT2D eigenvalue weighted by atomic mass is 16.2. The second-order valence-corrected chi connectivity index (χ2v) is 5.74. The minimum atomic E-state index is -0.392. The minimum Gasteiger partial charge on any atom is -0.329 e. The fourth-order valence-corrected chi connectivity index (χ4v) is 2.58. The summed E-state index contributed by atoms with van der Waals surface area (Å²) in [6.07, 6.45) is 4.40. The molecule has 0 unspecified atom stereocenters. The Hall–Kier alpha value is -3.22. The zero-order valence-electron chi connectivity index (χ0n) is 13.6. The van der Waals surface area contributed by atoms with E-state index in [0.717, 1.165) is 16.0 Å². The monoisotopic (exact) mass is 338 g/mol. The predicted octanol–water partition coefficient (Wildman–Crippen LogP) is 1.70. The van der Waals surface area contributed by atoms with Crippen LogP contribution in [0.2, 0.25) is 0 Å². The molecule has 0 atom stereocenters. The van der Waals surface area contributed by atoms with Gasteiger partial charge < -0.3 is 10.6 Å². The number of nitrogens with one attached hydrogen (secondary N) is 2. The van der Waals surface area contributed by atoms with Crippen LogP contribution in [0.5, 0.6) is 0 Å². The first-order valence-corrected chi connectivity index (χ1v) is 7.98. The molecule has 0 bridgehead atoms. The summed E-state index contributed by atoms with van der Waals surface area (Å²) in [5.74, 6) is -0.347. The lowest BCUT2D eigenvalue weighted by Crippen LogP contribution is -2.30. The minimum absolute atomic E-state index is 0.0320. The zero-order chi connectivity index (χ0) is 17.6. The molecule has 7 nitrogen and oxygen atoms in total. The first-order chi connectivity index (χ1) is 12.1. The van der Waals surface area contributed by atoms with E-state index in [9.17, 15) is 14.4 Å². The van der Waals surface area contributed by atoms with Gasteiger partial charge in [0.1, 0.15) is 0 Å². The van der Waals surface area contributed by atoms with Crippen molar-refractivity contribution in [3.8, 4) is 0 Å². The second kappa shape index (κ2) is 7.57. The number of nitrogens with zero attached hydrogens (tertiary/aromatic N) is 2. The van der Waals surface area contributed by atoms with Crippen LogP contribution in [0.3, 0.4) is 0 Å². The third-order valence-electron chi connectivity index (χ3n) is 3.88. The molecule has 2 heterocycles. The molecule has 0 radical (unpaired) electrons. The van der Waals surface area contributed by atoms with Crippen molar-refractivity contribution in [1.29, 1.82) is 0 Å². The molecule has 7 heteroatoms. The molecule has 25 heavy (non-hydrogen) atoms. The molecule has 0 aliphatic carbocycles. The molecule has 0 spiro atoms. The number of rotatable bonds is 6. The molecule has 4 amide bonds. The highest BCUT2D eigenvalue weighted by molar-refractivity contribution is 6.01. The first kappa shape index (κ1) is 16.6. The van der Waals surface area contributed by atoms with Gasteiger partial charge in [-0.25, -0.2) is 4.79 Å². The molecule has 128 valence electrons. The van der Waals surface area contributed by atoms with E-state index in [1.165, 1.54) is 0 Å². The number of carbonyl (C=O) groups is 3. The Morgan fingerprint density at radius 1 is 1.16 bits per heavy atom. The third kappa shape index (κ3) is 4.41. The number of urea groups is 1. The van der Waals surface area contributed by atoms with Crippen molar-refractivity contribution in [3.05, 3.63) is 59.9 Å². The van der Waals surface area contributed by atoms with Crippen molar-refractivity contribution in [2.75, 3.05) is 11.9 Å². The van der Waals surface area contributed by atoms with E-state index in [4.69, 9.17) is 0 Å². The quantitative estimate of drug-likeness (QED) is 0.784. The van der Waals surface area contributed by atoms with Gasteiger partial charge in [0.25, 0.3) is 0 Å². The number of pyridine rings is 1. The van der Waals surface area contributed by atoms with Crippen molar-refractivity contribution < 1.29 is 14.4 Å². The van der Waals surface area contributed by atoms with Crippen LogP contribution in [0.1, 0.15) is 17.5 Å². The normalized spacial score (nSPS) is 13.7. The van der Waals surface area contributed by atoms with E-state index in [-0.39, 0.29) is 24.9 Å². The average molecular weight is 338 g/mol. The Labute approximate surface area is 145 Å². The summed E-state index contributed by atoms with van der Waals surface area (Å²) >= 11 is 0. The fraction of sp³-hybridized carbons (Fsp3) is 0.222. The highest BCUT2D eigenvalue weighted by Gasteiger charge is 2.28. The average Bonchev–Trinajstić information content (AvgIpc) is 2.93. The van der Waals surface area contributed by atoms with Crippen LogP contribution < -0.4 is 10.6 Å². The van der Waals surface area contributed by atoms with Gasteiger partial charge in [0, 0.05) is 24.5 Å². The summed E-state index contributed by atoms with van der Waals surface area (Å²) in [5, 5.41) is 5.32. The van der Waals surface area contributed by atoms with Gasteiger partial charge in [-0.1, -0.05) is 12.1 Å². The number of amides is 4. The number of aryl methyl sites for hydroxylation is 1. The lowest BCUT2D eigenvalue weighted by Gasteiger charge is -2.13. The molecule has 1 aliphatic rings. The molecule has 2 aromatic rings. The number of hydrogen-bond acceptors (Lipinski definition) is 4. The topological polar surface area (TPSA) is 91.4 Å². The van der Waals surface area contributed by atoms with Gasteiger partial charge in [-0.15, -0.1) is 0 Å². The van der Waals surface area contributed by atoms with Crippen LogP contribution in [0.25, 0.3) is 0 Å². The standard InChI is InChI=1S/C18H18N4O3/c23-16(5-4-13-6-8-19-9-7-13)21-15-3-1-2-14(10-15)12-22-17(24)11-20-18(22)25/h1-3,6-10H,4-5,11-12H2,(H,20,25)(H,21,23). The third-order valence-corrected chi connectivity index (χ3v) is 3.88. The molecular weight excluding hydrogens is 320 g/mol. The van der Waals surface area contributed by atoms with E-state index < -0.39 is 6.03 Å². The van der Waals surface area contributed by atoms with Crippen LogP contribution in [0, 0.1) is 0 Å². The Morgan fingerprint density at radius 2 is 1.96 bits per heavy atom. The maximum Gasteiger partial charge on any atom is 0.324 e. The summed E-state index contributed by atoms with van der Waals surface area (Å²) in [7, 11) is 0. The van der Waals surface area contributed by atoms with Crippen molar-refractivity contribution in [3.63, 3.8) is 0 Å². The maximum absolute atomic E-state index is 12.1. The summed E-state index contributed by atoms with van der Waals surface area (Å²) in [6, 6.07) is 10.5. The van der Waals surface area contributed by atoms with Crippen LogP contribution in [0.4, 0.5) is 10.5 Å². The van der Waals surface area contributed by atoms with Crippen LogP contribution >= 0.6 is 0 Å². The predicted molar refractivity (Wildman–Crippen MR) is 91.6 cm³/mol. The number of imide groups is 1. The number of aromatic nitrogens is 1. The Balaban J connectivity index is 1.57. The molecule has 1 aliphatic heterocycles. The van der Waals surface area contributed by atoms with Crippen molar-refractivity contribution >= 4 is 23.5 Å². The van der Waals surface area contributed by atoms with Gasteiger partial charge in [0.15, 0.2) is 0 Å². The number of carbonyl (C=O) groups excluding carboxylic acids is 3. The molecular formula is C18H18N4O3. The fourth-order valence-electron chi connectivity index (χ4n) is 2.58. The molecule has 0 saturated carbocycles. The summed E-state index contributed by atoms with van der Waals surface area (Å²) in [4.78, 5) is 40.4. The van der Waals surface area contributed by atoms with Gasteiger partial charge >= 0.3 is 6.03 Å². The largest absolute Gasteiger partial charge is 0.329 e. The first-order valence-electron chi connectivity index (χ1n) is 7.98. The molecule has 2 N–H and O–H groups in total. The lowest BCUT2D eigenvalue weighted by atomic mass is 10.1. The summed E-state index contributed by atoms with van der Waals surface area (Å²) in [5.41, 5.74) is 2.47. The van der Waals surface area contributed by atoms with Crippen LogP contribution in [0.15, 0.2) is 48.8 Å².